The lowest BCUT2D eigenvalue weighted by Gasteiger charge is -2.37. The molecular weight excluding hydrogens is 418 g/mol. The van der Waals surface area contributed by atoms with Crippen molar-refractivity contribution in [2.24, 2.45) is 0 Å². The van der Waals surface area contributed by atoms with Gasteiger partial charge in [0, 0.05) is 31.0 Å². The number of furan rings is 1. The van der Waals surface area contributed by atoms with E-state index in [1.165, 1.54) is 35.2 Å². The van der Waals surface area contributed by atoms with Crippen LogP contribution in [0.3, 0.4) is 0 Å². The first-order chi connectivity index (χ1) is 15.8. The van der Waals surface area contributed by atoms with Crippen LogP contribution >= 0.6 is 0 Å². The van der Waals surface area contributed by atoms with Gasteiger partial charge in [-0.1, -0.05) is 52.0 Å². The molecule has 0 radical (unpaired) electrons. The number of rotatable bonds is 6. The summed E-state index contributed by atoms with van der Waals surface area (Å²) in [6, 6.07) is 16.2. The van der Waals surface area contributed by atoms with Gasteiger partial charge in [0.1, 0.15) is 0 Å². The summed E-state index contributed by atoms with van der Waals surface area (Å²) in [6.07, 6.45) is 3.43. The van der Waals surface area contributed by atoms with Crippen LogP contribution in [0.2, 0.25) is 0 Å². The molecule has 0 bridgehead atoms. The van der Waals surface area contributed by atoms with Crippen LogP contribution in [-0.2, 0) is 11.3 Å². The molecule has 2 N–H and O–H groups in total. The van der Waals surface area contributed by atoms with E-state index in [2.05, 4.69) is 84.6 Å². The molecule has 1 atom stereocenters. The number of carbonyl (C=O) groups excluding carboxylic acids is 1. The molecule has 1 aromatic carbocycles. The van der Waals surface area contributed by atoms with Gasteiger partial charge in [-0.2, -0.15) is 0 Å². The summed E-state index contributed by atoms with van der Waals surface area (Å²) in [6.45, 7) is 10.5. The predicted octanol–water partition coefficient (Wildman–Crippen LogP) is 4.52. The molecule has 0 aliphatic carbocycles. The van der Waals surface area contributed by atoms with Crippen LogP contribution in [0.1, 0.15) is 67.0 Å². The highest BCUT2D eigenvalue weighted by Crippen LogP contribution is 2.33. The van der Waals surface area contributed by atoms with Crippen molar-refractivity contribution >= 4 is 11.9 Å². The van der Waals surface area contributed by atoms with Crippen molar-refractivity contribution in [2.45, 2.75) is 52.2 Å². The van der Waals surface area contributed by atoms with Crippen molar-refractivity contribution in [3.05, 3.63) is 83.6 Å². The van der Waals surface area contributed by atoms with Crippen molar-refractivity contribution in [3.63, 3.8) is 0 Å². The second-order valence-electron chi connectivity index (χ2n) is 8.76. The lowest BCUT2D eigenvalue weighted by Crippen LogP contribution is -2.46. The second kappa shape index (κ2) is 11.0. The van der Waals surface area contributed by atoms with Gasteiger partial charge in [-0.3, -0.25) is 4.79 Å². The van der Waals surface area contributed by atoms with E-state index in [1.807, 2.05) is 4.90 Å². The molecule has 176 valence electrons. The van der Waals surface area contributed by atoms with Crippen molar-refractivity contribution in [2.75, 3.05) is 13.1 Å². The maximum absolute atomic E-state index is 12.8. The highest BCUT2D eigenvalue weighted by Gasteiger charge is 2.31. The van der Waals surface area contributed by atoms with Crippen LogP contribution in [-0.4, -0.2) is 45.6 Å². The predicted molar refractivity (Wildman–Crippen MR) is 127 cm³/mol. The van der Waals surface area contributed by atoms with Crippen LogP contribution in [0.5, 0.6) is 0 Å². The third-order valence-corrected chi connectivity index (χ3v) is 5.67. The van der Waals surface area contributed by atoms with Crippen LogP contribution in [0.25, 0.3) is 0 Å². The Kier molecular flexibility index (Phi) is 8.11. The van der Waals surface area contributed by atoms with Crippen LogP contribution in [0.15, 0.2) is 65.4 Å². The number of hydrogen-bond donors (Lipinski definition) is 2. The van der Waals surface area contributed by atoms with Crippen molar-refractivity contribution in [1.29, 1.82) is 0 Å². The molecule has 33 heavy (non-hydrogen) atoms. The number of aromatic carboxylic acids is 1. The maximum atomic E-state index is 12.8. The lowest BCUT2D eigenvalue weighted by molar-refractivity contribution is -0.133. The zero-order valence-electron chi connectivity index (χ0n) is 19.7. The summed E-state index contributed by atoms with van der Waals surface area (Å²) in [5, 5.41) is 11.4. The molecule has 1 unspecified atom stereocenters. The largest absolute Gasteiger partial charge is 0.475 e. The first kappa shape index (κ1) is 24.3. The lowest BCUT2D eigenvalue weighted by atomic mass is 9.95. The Balaban J connectivity index is 0.000000323. The Hall–Kier alpha value is -3.32. The third-order valence-electron chi connectivity index (χ3n) is 5.67. The van der Waals surface area contributed by atoms with Gasteiger partial charge in [0.05, 0.1) is 18.8 Å². The topological polar surface area (TPSA) is 87.7 Å². The number of fused-ring (bicyclic) bond motifs is 1. The highest BCUT2D eigenvalue weighted by atomic mass is 16.4. The number of aromatic nitrogens is 1. The molecule has 0 spiro atoms. The number of carboxylic acids is 1. The smallest absolute Gasteiger partial charge is 0.371 e. The van der Waals surface area contributed by atoms with Crippen molar-refractivity contribution in [1.82, 2.24) is 14.8 Å². The molecule has 3 aromatic rings. The normalized spacial score (nSPS) is 15.2. The molecule has 1 aliphatic rings. The van der Waals surface area contributed by atoms with E-state index in [1.54, 1.807) is 0 Å². The van der Waals surface area contributed by atoms with E-state index in [9.17, 15) is 9.59 Å². The molecular formula is C26H33N3O4. The molecule has 2 aromatic heterocycles. The number of carboxylic acid groups (broad SMARTS) is 1. The second-order valence-corrected chi connectivity index (χ2v) is 8.76. The summed E-state index contributed by atoms with van der Waals surface area (Å²) >= 11 is 0. The summed E-state index contributed by atoms with van der Waals surface area (Å²) in [4.78, 5) is 24.8. The number of nitrogens with one attached hydrogen (secondary N) is 1. The quantitative estimate of drug-likeness (QED) is 0.575. The molecule has 3 heterocycles. The Bertz CT molecular complexity index is 1040. The van der Waals surface area contributed by atoms with Crippen LogP contribution in [0, 0.1) is 0 Å². The summed E-state index contributed by atoms with van der Waals surface area (Å²) < 4.78 is 6.76. The third kappa shape index (κ3) is 6.14. The average Bonchev–Trinajstić information content (AvgIpc) is 3.49. The van der Waals surface area contributed by atoms with Gasteiger partial charge < -0.3 is 24.3 Å². The van der Waals surface area contributed by atoms with E-state index in [0.717, 1.165) is 13.1 Å². The highest BCUT2D eigenvalue weighted by molar-refractivity contribution is 5.84. The summed E-state index contributed by atoms with van der Waals surface area (Å²) in [5.41, 5.74) is 3.71. The van der Waals surface area contributed by atoms with Gasteiger partial charge in [-0.25, -0.2) is 4.79 Å². The van der Waals surface area contributed by atoms with E-state index in [-0.39, 0.29) is 17.7 Å². The number of benzene rings is 1. The van der Waals surface area contributed by atoms with Gasteiger partial charge in [0.25, 0.3) is 0 Å². The molecule has 0 fully saturated rings. The zero-order valence-corrected chi connectivity index (χ0v) is 19.7. The van der Waals surface area contributed by atoms with Gasteiger partial charge in [-0.05, 0) is 41.3 Å². The monoisotopic (exact) mass is 451 g/mol. The van der Waals surface area contributed by atoms with E-state index in [4.69, 9.17) is 5.11 Å². The SMILES string of the molecule is CC(C)NCC(=O)N1CCn2cccc2C1c1ccc(C(C)C)cc1.O=C(O)c1ccco1. The van der Waals surface area contributed by atoms with E-state index < -0.39 is 5.97 Å². The number of hydrogen-bond acceptors (Lipinski definition) is 4. The van der Waals surface area contributed by atoms with Crippen LogP contribution in [0.4, 0.5) is 0 Å². The Morgan fingerprint density at radius 1 is 1.06 bits per heavy atom. The molecule has 7 nitrogen and oxygen atoms in total. The standard InChI is InChI=1S/C21H29N3O.C5H4O3/c1-15(2)17-7-9-18(10-8-17)21-19-6-5-11-23(19)12-13-24(21)20(25)14-22-16(3)4;6-5(7)4-2-1-3-8-4/h5-11,15-16,21-22H,12-14H2,1-4H3;1-3H,(H,6,7). The van der Waals surface area contributed by atoms with E-state index >= 15 is 0 Å². The Morgan fingerprint density at radius 2 is 1.79 bits per heavy atom. The fourth-order valence-corrected chi connectivity index (χ4v) is 3.86. The minimum atomic E-state index is -1.03. The van der Waals surface area contributed by atoms with Gasteiger partial charge in [0.15, 0.2) is 0 Å². The van der Waals surface area contributed by atoms with Crippen molar-refractivity contribution in [3.8, 4) is 0 Å². The fraction of sp³-hybridized carbons (Fsp3) is 0.385. The van der Waals surface area contributed by atoms with Crippen LogP contribution < -0.4 is 5.32 Å². The number of amides is 1. The molecule has 1 amide bonds. The first-order valence-corrected chi connectivity index (χ1v) is 11.3. The molecule has 0 saturated heterocycles. The van der Waals surface area contributed by atoms with Gasteiger partial charge >= 0.3 is 5.97 Å². The Morgan fingerprint density at radius 3 is 2.33 bits per heavy atom. The van der Waals surface area contributed by atoms with E-state index in [0.29, 0.717) is 18.5 Å². The number of nitrogens with zero attached hydrogens (tertiary/aromatic N) is 2. The molecule has 4 rings (SSSR count). The Labute approximate surface area is 195 Å². The first-order valence-electron chi connectivity index (χ1n) is 11.3. The van der Waals surface area contributed by atoms with Gasteiger partial charge in [-0.15, -0.1) is 0 Å². The average molecular weight is 452 g/mol. The number of carbonyl (C=O) groups is 2. The minimum Gasteiger partial charge on any atom is -0.475 e. The summed E-state index contributed by atoms with van der Waals surface area (Å²) in [7, 11) is 0. The van der Waals surface area contributed by atoms with Crippen molar-refractivity contribution < 1.29 is 19.1 Å². The molecule has 0 saturated carbocycles. The van der Waals surface area contributed by atoms with Gasteiger partial charge in [0.2, 0.25) is 11.7 Å². The summed E-state index contributed by atoms with van der Waals surface area (Å²) in [5.74, 6) is -0.378. The zero-order chi connectivity index (χ0) is 24.0. The minimum absolute atomic E-state index is 0.00794. The maximum Gasteiger partial charge on any atom is 0.371 e. The molecule has 7 heteroatoms. The molecule has 1 aliphatic heterocycles. The fourth-order valence-electron chi connectivity index (χ4n) is 3.86.